The molecule has 0 unspecified atom stereocenters. The van der Waals surface area contributed by atoms with E-state index in [-0.39, 0.29) is 22.7 Å². The number of carbonyl (C=O) groups is 1. The number of rotatable bonds is 6. The van der Waals surface area contributed by atoms with Crippen LogP contribution in [-0.2, 0) is 30.7 Å². The zero-order valence-electron chi connectivity index (χ0n) is 18.7. The summed E-state index contributed by atoms with van der Waals surface area (Å²) in [5, 5.41) is 4.18. The number of carbonyl (C=O) groups excluding carboxylic acids is 1. The minimum Gasteiger partial charge on any atom is -0.355 e. The van der Waals surface area contributed by atoms with Crippen molar-refractivity contribution in [3.63, 3.8) is 0 Å². The van der Waals surface area contributed by atoms with Crippen LogP contribution < -0.4 is 16.6 Å². The standard InChI is InChI=1S/C22H26ClN5O3S/c1-22(2,3)20-25-17-16(19(30)28(5)21(31)27(17)4)18(26-20)32-12-15(29)24-11-10-13-6-8-14(23)9-7-13/h6-9H,10-12H2,1-5H3,(H,24,29). The lowest BCUT2D eigenvalue weighted by Crippen LogP contribution is -2.38. The molecule has 3 rings (SSSR count). The Morgan fingerprint density at radius 1 is 1.09 bits per heavy atom. The number of benzene rings is 1. The molecule has 0 fully saturated rings. The number of amides is 1. The second-order valence-electron chi connectivity index (χ2n) is 8.52. The first kappa shape index (κ1) is 24.0. The lowest BCUT2D eigenvalue weighted by atomic mass is 9.96. The van der Waals surface area contributed by atoms with Crippen LogP contribution in [0.3, 0.4) is 0 Å². The van der Waals surface area contributed by atoms with E-state index in [9.17, 15) is 14.4 Å². The number of hydrogen-bond acceptors (Lipinski definition) is 6. The lowest BCUT2D eigenvalue weighted by Gasteiger charge is -2.19. The van der Waals surface area contributed by atoms with E-state index in [0.29, 0.717) is 28.8 Å². The van der Waals surface area contributed by atoms with Crippen LogP contribution in [0.5, 0.6) is 0 Å². The summed E-state index contributed by atoms with van der Waals surface area (Å²) in [6.45, 7) is 6.33. The van der Waals surface area contributed by atoms with Gasteiger partial charge in [0.15, 0.2) is 5.65 Å². The number of nitrogens with one attached hydrogen (secondary N) is 1. The summed E-state index contributed by atoms with van der Waals surface area (Å²) in [6, 6.07) is 7.47. The van der Waals surface area contributed by atoms with Gasteiger partial charge in [-0.1, -0.05) is 56.3 Å². The Morgan fingerprint density at radius 2 is 1.75 bits per heavy atom. The highest BCUT2D eigenvalue weighted by molar-refractivity contribution is 8.00. The van der Waals surface area contributed by atoms with Crippen LogP contribution in [0.2, 0.25) is 5.02 Å². The summed E-state index contributed by atoms with van der Waals surface area (Å²) >= 11 is 7.05. The van der Waals surface area contributed by atoms with Crippen LogP contribution in [-0.4, -0.2) is 37.3 Å². The van der Waals surface area contributed by atoms with E-state index in [4.69, 9.17) is 11.6 Å². The SMILES string of the molecule is Cn1c(=O)c2c(SCC(=O)NCCc3ccc(Cl)cc3)nc(C(C)(C)C)nc2n(C)c1=O. The van der Waals surface area contributed by atoms with Gasteiger partial charge < -0.3 is 5.32 Å². The molecule has 10 heteroatoms. The van der Waals surface area contributed by atoms with Crippen LogP contribution in [0.25, 0.3) is 11.0 Å². The van der Waals surface area contributed by atoms with Gasteiger partial charge in [0.25, 0.3) is 5.56 Å². The van der Waals surface area contributed by atoms with Crippen molar-refractivity contribution in [2.24, 2.45) is 14.1 Å². The molecule has 0 aliphatic heterocycles. The molecule has 0 atom stereocenters. The molecule has 1 amide bonds. The predicted molar refractivity (Wildman–Crippen MR) is 128 cm³/mol. The van der Waals surface area contributed by atoms with Crippen molar-refractivity contribution in [3.05, 3.63) is 61.5 Å². The Morgan fingerprint density at radius 3 is 2.38 bits per heavy atom. The van der Waals surface area contributed by atoms with Gasteiger partial charge in [-0.25, -0.2) is 14.8 Å². The molecule has 0 saturated carbocycles. The van der Waals surface area contributed by atoms with Gasteiger partial charge in [0.1, 0.15) is 16.2 Å². The Labute approximate surface area is 195 Å². The maximum atomic E-state index is 12.8. The van der Waals surface area contributed by atoms with Crippen LogP contribution in [0.15, 0.2) is 38.9 Å². The second kappa shape index (κ2) is 9.46. The van der Waals surface area contributed by atoms with Crippen molar-refractivity contribution in [1.82, 2.24) is 24.4 Å². The summed E-state index contributed by atoms with van der Waals surface area (Å²) in [4.78, 5) is 46.7. The molecule has 0 radical (unpaired) electrons. The third-order valence-corrected chi connectivity index (χ3v) is 6.15. The number of halogens is 1. The monoisotopic (exact) mass is 475 g/mol. The van der Waals surface area contributed by atoms with Gasteiger partial charge in [-0.2, -0.15) is 0 Å². The quantitative estimate of drug-likeness (QED) is 0.434. The molecule has 170 valence electrons. The number of thioether (sulfide) groups is 1. The van der Waals surface area contributed by atoms with Crippen LogP contribution in [0, 0.1) is 0 Å². The largest absolute Gasteiger partial charge is 0.355 e. The van der Waals surface area contributed by atoms with Gasteiger partial charge in [-0.15, -0.1) is 0 Å². The van der Waals surface area contributed by atoms with E-state index < -0.39 is 16.7 Å². The molecular formula is C22H26ClN5O3S. The minimum absolute atomic E-state index is 0.0856. The van der Waals surface area contributed by atoms with Gasteiger partial charge in [-0.3, -0.25) is 18.7 Å². The number of aryl methyl sites for hydroxylation is 1. The molecule has 8 nitrogen and oxygen atoms in total. The van der Waals surface area contributed by atoms with Crippen LogP contribution >= 0.6 is 23.4 Å². The Balaban J connectivity index is 1.82. The van der Waals surface area contributed by atoms with Crippen LogP contribution in [0.1, 0.15) is 32.2 Å². The molecule has 1 N–H and O–H groups in total. The average Bonchev–Trinajstić information content (AvgIpc) is 2.74. The van der Waals surface area contributed by atoms with E-state index in [1.165, 1.54) is 11.6 Å². The molecule has 2 aromatic heterocycles. The van der Waals surface area contributed by atoms with E-state index in [0.717, 1.165) is 21.9 Å². The highest BCUT2D eigenvalue weighted by Crippen LogP contribution is 2.26. The third-order valence-electron chi connectivity index (χ3n) is 4.93. The zero-order chi connectivity index (χ0) is 23.6. The highest BCUT2D eigenvalue weighted by atomic mass is 35.5. The van der Waals surface area contributed by atoms with Gasteiger partial charge in [0, 0.05) is 31.1 Å². The number of nitrogens with zero attached hydrogens (tertiary/aromatic N) is 4. The first-order chi connectivity index (χ1) is 15.0. The smallest absolute Gasteiger partial charge is 0.332 e. The van der Waals surface area contributed by atoms with Crippen molar-refractivity contribution in [1.29, 1.82) is 0 Å². The fourth-order valence-electron chi connectivity index (χ4n) is 3.05. The van der Waals surface area contributed by atoms with E-state index in [1.807, 2.05) is 45.0 Å². The summed E-state index contributed by atoms with van der Waals surface area (Å²) in [5.74, 6) is 0.413. The van der Waals surface area contributed by atoms with Gasteiger partial charge in [0.05, 0.1) is 5.75 Å². The molecule has 0 aliphatic rings. The summed E-state index contributed by atoms with van der Waals surface area (Å²) in [7, 11) is 2.99. The van der Waals surface area contributed by atoms with E-state index in [1.54, 1.807) is 7.05 Å². The summed E-state index contributed by atoms with van der Waals surface area (Å²) < 4.78 is 2.36. The van der Waals surface area contributed by atoms with Gasteiger partial charge >= 0.3 is 5.69 Å². The molecular weight excluding hydrogens is 450 g/mol. The fraction of sp³-hybridized carbons (Fsp3) is 0.409. The van der Waals surface area contributed by atoms with E-state index in [2.05, 4.69) is 15.3 Å². The Kier molecular flexibility index (Phi) is 7.09. The number of hydrogen-bond donors (Lipinski definition) is 1. The maximum Gasteiger partial charge on any atom is 0.332 e. The summed E-state index contributed by atoms with van der Waals surface area (Å²) in [5.41, 5.74) is -0.000206. The van der Waals surface area contributed by atoms with Gasteiger partial charge in [-0.05, 0) is 24.1 Å². The topological polar surface area (TPSA) is 98.9 Å². The number of fused-ring (bicyclic) bond motifs is 1. The van der Waals surface area contributed by atoms with E-state index >= 15 is 0 Å². The first-order valence-corrected chi connectivity index (χ1v) is 11.5. The van der Waals surface area contributed by atoms with Crippen molar-refractivity contribution in [2.45, 2.75) is 37.6 Å². The lowest BCUT2D eigenvalue weighted by molar-refractivity contribution is -0.118. The molecule has 0 saturated heterocycles. The minimum atomic E-state index is -0.478. The highest BCUT2D eigenvalue weighted by Gasteiger charge is 2.24. The van der Waals surface area contributed by atoms with Crippen molar-refractivity contribution < 1.29 is 4.79 Å². The fourth-order valence-corrected chi connectivity index (χ4v) is 4.02. The first-order valence-electron chi connectivity index (χ1n) is 10.1. The van der Waals surface area contributed by atoms with Crippen LogP contribution in [0.4, 0.5) is 0 Å². The van der Waals surface area contributed by atoms with Crippen molar-refractivity contribution in [3.8, 4) is 0 Å². The molecule has 32 heavy (non-hydrogen) atoms. The number of aromatic nitrogens is 4. The average molecular weight is 476 g/mol. The molecule has 0 bridgehead atoms. The van der Waals surface area contributed by atoms with Gasteiger partial charge in [0.2, 0.25) is 5.91 Å². The Bertz CT molecular complexity index is 1280. The normalized spacial score (nSPS) is 11.7. The molecule has 0 aliphatic carbocycles. The second-order valence-corrected chi connectivity index (χ2v) is 9.92. The summed E-state index contributed by atoms with van der Waals surface area (Å²) in [6.07, 6.45) is 0.681. The molecule has 3 aromatic rings. The third kappa shape index (κ3) is 5.21. The maximum absolute atomic E-state index is 12.8. The van der Waals surface area contributed by atoms with Crippen molar-refractivity contribution >= 4 is 40.3 Å². The molecule has 0 spiro atoms. The predicted octanol–water partition coefficient (Wildman–Crippen LogP) is 2.43. The molecule has 1 aromatic carbocycles. The molecule has 2 heterocycles. The Hall–Kier alpha value is -2.65. The zero-order valence-corrected chi connectivity index (χ0v) is 20.3. The van der Waals surface area contributed by atoms with Crippen molar-refractivity contribution in [2.75, 3.05) is 12.3 Å².